The molecule has 1 heterocycles. The zero-order chi connectivity index (χ0) is 14.9. The molecular formula is C15H23N5O. The van der Waals surface area contributed by atoms with E-state index in [0.717, 1.165) is 24.8 Å². The predicted molar refractivity (Wildman–Crippen MR) is 78.1 cm³/mol. The third-order valence-corrected chi connectivity index (χ3v) is 5.28. The Kier molecular flexibility index (Phi) is 3.78. The summed E-state index contributed by atoms with van der Waals surface area (Å²) in [5, 5.41) is 13.8. The number of nitrogens with zero attached hydrogens (tertiary/aromatic N) is 4. The summed E-state index contributed by atoms with van der Waals surface area (Å²) in [6, 6.07) is 0. The molecule has 0 aromatic carbocycles. The lowest BCUT2D eigenvalue weighted by atomic mass is 9.48. The van der Waals surface area contributed by atoms with Gasteiger partial charge < -0.3 is 5.32 Å². The number of carbonyl (C=O) groups is 1. The van der Waals surface area contributed by atoms with Crippen LogP contribution < -0.4 is 5.32 Å². The second kappa shape index (κ2) is 5.58. The maximum atomic E-state index is 11.8. The first-order valence-electron chi connectivity index (χ1n) is 7.74. The van der Waals surface area contributed by atoms with Crippen molar-refractivity contribution < 1.29 is 4.79 Å². The minimum Gasteiger partial charge on any atom is -0.356 e. The van der Waals surface area contributed by atoms with E-state index in [-0.39, 0.29) is 5.91 Å². The Morgan fingerprint density at radius 1 is 1.52 bits per heavy atom. The smallest absolute Gasteiger partial charge is 0.221 e. The molecule has 1 aromatic rings. The molecule has 0 spiro atoms. The van der Waals surface area contributed by atoms with Crippen molar-refractivity contribution in [3.63, 3.8) is 0 Å². The minimum absolute atomic E-state index is 0.0626. The molecule has 2 atom stereocenters. The first-order valence-corrected chi connectivity index (χ1v) is 7.74. The maximum Gasteiger partial charge on any atom is 0.221 e. The molecule has 0 radical (unpaired) electrons. The quantitative estimate of drug-likeness (QED) is 0.807. The van der Waals surface area contributed by atoms with Gasteiger partial charge >= 0.3 is 0 Å². The van der Waals surface area contributed by atoms with Gasteiger partial charge in [-0.1, -0.05) is 25.5 Å². The van der Waals surface area contributed by atoms with E-state index in [4.69, 9.17) is 0 Å². The van der Waals surface area contributed by atoms with Gasteiger partial charge in [0.25, 0.3) is 0 Å². The number of nitrogens with one attached hydrogen (secondary N) is 1. The lowest BCUT2D eigenvalue weighted by Crippen LogP contribution is -2.48. The van der Waals surface area contributed by atoms with Crippen LogP contribution in [-0.2, 0) is 11.3 Å². The standard InChI is InChI=1S/C15H23N5O/c1-15(2)12-4-3-11(13(15)9-12)5-7-16-14(21)6-8-20-10-17-18-19-20/h3,10,12-13H,4-9H2,1-2H3,(H,16,21)/t12-,13-/m0/s1. The zero-order valence-corrected chi connectivity index (χ0v) is 12.7. The molecule has 1 aromatic heterocycles. The Morgan fingerprint density at radius 3 is 3.05 bits per heavy atom. The molecule has 4 rings (SSSR count). The van der Waals surface area contributed by atoms with Crippen molar-refractivity contribution in [2.45, 2.75) is 46.1 Å². The van der Waals surface area contributed by atoms with Crippen LogP contribution in [0.25, 0.3) is 0 Å². The fourth-order valence-electron chi connectivity index (χ4n) is 3.69. The van der Waals surface area contributed by atoms with E-state index in [1.54, 1.807) is 10.3 Å². The van der Waals surface area contributed by atoms with Crippen LogP contribution in [0.2, 0.25) is 0 Å². The Labute approximate surface area is 125 Å². The van der Waals surface area contributed by atoms with E-state index in [0.29, 0.717) is 18.4 Å². The number of aromatic nitrogens is 4. The number of tetrazole rings is 1. The molecule has 21 heavy (non-hydrogen) atoms. The van der Waals surface area contributed by atoms with Crippen molar-refractivity contribution >= 4 is 5.91 Å². The highest BCUT2D eigenvalue weighted by Gasteiger charge is 2.50. The van der Waals surface area contributed by atoms with Crippen molar-refractivity contribution in [1.82, 2.24) is 25.5 Å². The van der Waals surface area contributed by atoms with E-state index in [1.807, 2.05) is 0 Å². The topological polar surface area (TPSA) is 72.7 Å². The number of allylic oxidation sites excluding steroid dienone is 1. The van der Waals surface area contributed by atoms with E-state index in [2.05, 4.69) is 40.8 Å². The molecule has 6 heteroatoms. The summed E-state index contributed by atoms with van der Waals surface area (Å²) < 4.78 is 1.57. The summed E-state index contributed by atoms with van der Waals surface area (Å²) in [4.78, 5) is 11.8. The summed E-state index contributed by atoms with van der Waals surface area (Å²) in [5.74, 6) is 1.67. The number of aryl methyl sites for hydroxylation is 1. The molecule has 0 saturated heterocycles. The van der Waals surface area contributed by atoms with Crippen LogP contribution >= 0.6 is 0 Å². The second-order valence-corrected chi connectivity index (χ2v) is 6.74. The first-order chi connectivity index (χ1) is 10.1. The van der Waals surface area contributed by atoms with Gasteiger partial charge in [0.1, 0.15) is 6.33 Å². The van der Waals surface area contributed by atoms with Gasteiger partial charge in [-0.25, -0.2) is 4.68 Å². The van der Waals surface area contributed by atoms with Gasteiger partial charge in [0.2, 0.25) is 5.91 Å². The summed E-state index contributed by atoms with van der Waals surface area (Å²) in [6.07, 6.45) is 7.88. The van der Waals surface area contributed by atoms with Gasteiger partial charge in [0.15, 0.2) is 0 Å². The Bertz CT molecular complexity index is 534. The van der Waals surface area contributed by atoms with Crippen LogP contribution in [0.3, 0.4) is 0 Å². The van der Waals surface area contributed by atoms with E-state index in [9.17, 15) is 4.79 Å². The molecule has 3 aliphatic carbocycles. The molecule has 6 nitrogen and oxygen atoms in total. The molecule has 1 saturated carbocycles. The van der Waals surface area contributed by atoms with Crippen molar-refractivity contribution in [3.8, 4) is 0 Å². The molecule has 0 aliphatic heterocycles. The van der Waals surface area contributed by atoms with Crippen LogP contribution in [0.15, 0.2) is 18.0 Å². The van der Waals surface area contributed by atoms with E-state index < -0.39 is 0 Å². The molecule has 3 aliphatic rings. The number of rotatable bonds is 6. The van der Waals surface area contributed by atoms with Gasteiger partial charge in [0.05, 0.1) is 6.54 Å². The van der Waals surface area contributed by atoms with Gasteiger partial charge in [-0.15, -0.1) is 5.10 Å². The SMILES string of the molecule is CC1(C)[C@H]2CC=C(CCNC(=O)CCn3cnnn3)[C@@H]1C2. The first kappa shape index (κ1) is 14.2. The molecule has 1 N–H and O–H groups in total. The van der Waals surface area contributed by atoms with Crippen LogP contribution in [0.4, 0.5) is 0 Å². The molecule has 0 unspecified atom stereocenters. The molecule has 1 fully saturated rings. The summed E-state index contributed by atoms with van der Waals surface area (Å²) in [7, 11) is 0. The second-order valence-electron chi connectivity index (χ2n) is 6.74. The Balaban J connectivity index is 1.38. The minimum atomic E-state index is 0.0626. The molecule has 2 bridgehead atoms. The third kappa shape index (κ3) is 2.84. The van der Waals surface area contributed by atoms with Crippen LogP contribution in [0.1, 0.15) is 39.5 Å². The van der Waals surface area contributed by atoms with Gasteiger partial charge in [-0.2, -0.15) is 0 Å². The van der Waals surface area contributed by atoms with Crippen LogP contribution in [0.5, 0.6) is 0 Å². The van der Waals surface area contributed by atoms with Crippen molar-refractivity contribution in [1.29, 1.82) is 0 Å². The number of hydrogen-bond donors (Lipinski definition) is 1. The van der Waals surface area contributed by atoms with Crippen molar-refractivity contribution in [2.75, 3.05) is 6.54 Å². The highest BCUT2D eigenvalue weighted by molar-refractivity contribution is 5.75. The normalized spacial score (nSPS) is 25.9. The number of hydrogen-bond acceptors (Lipinski definition) is 4. The lowest BCUT2D eigenvalue weighted by Gasteiger charge is -2.56. The zero-order valence-electron chi connectivity index (χ0n) is 12.7. The fourth-order valence-corrected chi connectivity index (χ4v) is 3.69. The summed E-state index contributed by atoms with van der Waals surface area (Å²) in [6.45, 7) is 6.02. The van der Waals surface area contributed by atoms with Crippen LogP contribution in [0, 0.1) is 17.3 Å². The third-order valence-electron chi connectivity index (χ3n) is 5.28. The fraction of sp³-hybridized carbons (Fsp3) is 0.733. The van der Waals surface area contributed by atoms with Gasteiger partial charge in [-0.3, -0.25) is 4.79 Å². The largest absolute Gasteiger partial charge is 0.356 e. The predicted octanol–water partition coefficient (Wildman–Crippen LogP) is 1.56. The molecule has 114 valence electrons. The monoisotopic (exact) mass is 289 g/mol. The van der Waals surface area contributed by atoms with Gasteiger partial charge in [0, 0.05) is 13.0 Å². The average molecular weight is 289 g/mol. The van der Waals surface area contributed by atoms with E-state index in [1.165, 1.54) is 19.2 Å². The van der Waals surface area contributed by atoms with Crippen LogP contribution in [-0.4, -0.2) is 32.7 Å². The van der Waals surface area contributed by atoms with E-state index >= 15 is 0 Å². The number of fused-ring (bicyclic) bond motifs is 1. The highest BCUT2D eigenvalue weighted by atomic mass is 16.1. The van der Waals surface area contributed by atoms with Gasteiger partial charge in [-0.05, 0) is 46.9 Å². The highest BCUT2D eigenvalue weighted by Crippen LogP contribution is 2.59. The van der Waals surface area contributed by atoms with Crippen molar-refractivity contribution in [3.05, 3.63) is 18.0 Å². The summed E-state index contributed by atoms with van der Waals surface area (Å²) >= 11 is 0. The number of carbonyl (C=O) groups excluding carboxylic acids is 1. The Morgan fingerprint density at radius 2 is 2.38 bits per heavy atom. The molecule has 1 amide bonds. The van der Waals surface area contributed by atoms with Crippen molar-refractivity contribution in [2.24, 2.45) is 17.3 Å². The number of amides is 1. The lowest BCUT2D eigenvalue weighted by molar-refractivity contribution is -0.121. The average Bonchev–Trinajstić information content (AvgIpc) is 2.98. The maximum absolute atomic E-state index is 11.8. The Hall–Kier alpha value is -1.72. The summed E-state index contributed by atoms with van der Waals surface area (Å²) in [5.41, 5.74) is 2.01. The molecular weight excluding hydrogens is 266 g/mol.